The molecule has 0 saturated heterocycles. The van der Waals surface area contributed by atoms with Gasteiger partial charge in [0.15, 0.2) is 0 Å². The molecule has 0 saturated carbocycles. The molecule has 0 rings (SSSR count). The van der Waals surface area contributed by atoms with Crippen molar-refractivity contribution in [3.8, 4) is 0 Å². The number of carboxylic acid groups (broad SMARTS) is 1. The summed E-state index contributed by atoms with van der Waals surface area (Å²) in [5.74, 6) is -0.725. The molecular formula is C19H30O2Y-2. The van der Waals surface area contributed by atoms with Crippen LogP contribution in [0.4, 0.5) is 0 Å². The maximum Gasteiger partial charge on any atom is 0.303 e. The summed E-state index contributed by atoms with van der Waals surface area (Å²) < 4.78 is 0. The molecule has 0 aliphatic heterocycles. The topological polar surface area (TPSA) is 37.3 Å². The van der Waals surface area contributed by atoms with Crippen molar-refractivity contribution in [2.75, 3.05) is 0 Å². The Morgan fingerprint density at radius 3 is 2.14 bits per heavy atom. The number of aliphatic carboxylic acids is 1. The van der Waals surface area contributed by atoms with Crippen LogP contribution in [0.15, 0.2) is 42.5 Å². The van der Waals surface area contributed by atoms with E-state index in [1.165, 1.54) is 18.9 Å². The molecule has 0 heterocycles. The van der Waals surface area contributed by atoms with Gasteiger partial charge in [0.05, 0.1) is 0 Å². The summed E-state index contributed by atoms with van der Waals surface area (Å²) in [7, 11) is 0. The van der Waals surface area contributed by atoms with Crippen LogP contribution in [0.1, 0.15) is 58.3 Å². The van der Waals surface area contributed by atoms with Gasteiger partial charge < -0.3 is 12.0 Å². The SMILES string of the molecule is [CH-]=C/C=C\C/C=C\C/C=C\CCCC(=O)O.[CH2-]CCCC.[Y]. The molecule has 3 heteroatoms. The molecule has 0 aliphatic carbocycles. The molecule has 0 aromatic heterocycles. The molecule has 1 radical (unpaired) electrons. The monoisotopic (exact) mass is 379 g/mol. The van der Waals surface area contributed by atoms with Crippen molar-refractivity contribution < 1.29 is 42.6 Å². The fraction of sp³-hybridized carbons (Fsp3) is 0.474. The first-order chi connectivity index (χ1) is 10.2. The second-order valence-corrected chi connectivity index (χ2v) is 4.53. The third-order valence-corrected chi connectivity index (χ3v) is 2.49. The van der Waals surface area contributed by atoms with Crippen molar-refractivity contribution in [2.24, 2.45) is 0 Å². The Labute approximate surface area is 162 Å². The van der Waals surface area contributed by atoms with Crippen LogP contribution in [0.5, 0.6) is 0 Å². The van der Waals surface area contributed by atoms with Crippen molar-refractivity contribution in [1.29, 1.82) is 0 Å². The van der Waals surface area contributed by atoms with E-state index in [4.69, 9.17) is 11.7 Å². The Hall–Kier alpha value is -0.466. The third kappa shape index (κ3) is 31.8. The first-order valence-electron chi connectivity index (χ1n) is 7.70. The van der Waals surface area contributed by atoms with Crippen molar-refractivity contribution in [1.82, 2.24) is 0 Å². The van der Waals surface area contributed by atoms with Crippen LogP contribution in [0.2, 0.25) is 0 Å². The van der Waals surface area contributed by atoms with E-state index in [0.29, 0.717) is 6.42 Å². The molecule has 0 unspecified atom stereocenters. The van der Waals surface area contributed by atoms with Crippen LogP contribution in [-0.4, -0.2) is 11.1 Å². The van der Waals surface area contributed by atoms with E-state index in [1.54, 1.807) is 0 Å². The number of allylic oxidation sites excluding steroid dienone is 7. The quantitative estimate of drug-likeness (QED) is 0.217. The second-order valence-electron chi connectivity index (χ2n) is 4.53. The van der Waals surface area contributed by atoms with E-state index in [1.807, 2.05) is 18.2 Å². The Morgan fingerprint density at radius 1 is 1.09 bits per heavy atom. The molecule has 22 heavy (non-hydrogen) atoms. The van der Waals surface area contributed by atoms with Gasteiger partial charge in [-0.05, 0) is 25.7 Å². The van der Waals surface area contributed by atoms with Gasteiger partial charge in [-0.3, -0.25) is 11.4 Å². The Morgan fingerprint density at radius 2 is 1.68 bits per heavy atom. The number of carboxylic acids is 1. The fourth-order valence-electron chi connectivity index (χ4n) is 1.34. The van der Waals surface area contributed by atoms with E-state index in [9.17, 15) is 4.79 Å². The van der Waals surface area contributed by atoms with Gasteiger partial charge in [-0.1, -0.05) is 44.1 Å². The molecule has 0 aromatic carbocycles. The van der Waals surface area contributed by atoms with Gasteiger partial charge in [-0.25, -0.2) is 12.2 Å². The normalized spacial score (nSPS) is 10.5. The molecule has 0 aromatic rings. The van der Waals surface area contributed by atoms with Crippen molar-refractivity contribution in [2.45, 2.75) is 58.3 Å². The first kappa shape index (κ1) is 26.4. The van der Waals surface area contributed by atoms with Crippen LogP contribution in [0.25, 0.3) is 0 Å². The molecule has 0 fully saturated rings. The van der Waals surface area contributed by atoms with E-state index in [-0.39, 0.29) is 39.1 Å². The van der Waals surface area contributed by atoms with E-state index < -0.39 is 5.97 Å². The van der Waals surface area contributed by atoms with Crippen molar-refractivity contribution in [3.05, 3.63) is 56.0 Å². The molecule has 123 valence electrons. The summed E-state index contributed by atoms with van der Waals surface area (Å²) in [5, 5.41) is 8.40. The summed E-state index contributed by atoms with van der Waals surface area (Å²) >= 11 is 0. The largest absolute Gasteiger partial charge is 0.481 e. The molecule has 0 aliphatic rings. The Bertz CT molecular complexity index is 315. The van der Waals surface area contributed by atoms with Gasteiger partial charge in [0, 0.05) is 39.1 Å². The minimum absolute atomic E-state index is 0. The molecule has 0 amide bonds. The minimum atomic E-state index is -0.725. The Balaban J connectivity index is -0.000000520. The van der Waals surface area contributed by atoms with Gasteiger partial charge in [-0.15, -0.1) is 0 Å². The predicted octanol–water partition coefficient (Wildman–Crippen LogP) is 5.69. The van der Waals surface area contributed by atoms with Crippen molar-refractivity contribution in [3.63, 3.8) is 0 Å². The zero-order valence-corrected chi connectivity index (χ0v) is 16.8. The standard InChI is InChI=1S/C14H19O2.C5H11.Y/c1-2-3-4-5-6-7-8-9-10-11-12-13-14(15)16;1-3-5-4-2;/h1-4,6-7,9-10H,5,8,11-13H2,(H,15,16);1,3-5H2,2H3;/q2*-1;/b4-3-,7-6-,10-9-;;. The number of unbranched alkanes of at least 4 members (excludes halogenated alkanes) is 3. The number of hydrogen-bond acceptors (Lipinski definition) is 1. The third-order valence-electron chi connectivity index (χ3n) is 2.49. The number of hydrogen-bond donors (Lipinski definition) is 1. The van der Waals surface area contributed by atoms with Crippen molar-refractivity contribution >= 4 is 5.97 Å². The predicted molar refractivity (Wildman–Crippen MR) is 91.9 cm³/mol. The van der Waals surface area contributed by atoms with E-state index in [0.717, 1.165) is 25.7 Å². The van der Waals surface area contributed by atoms with E-state index >= 15 is 0 Å². The molecule has 0 spiro atoms. The van der Waals surface area contributed by atoms with Crippen LogP contribution < -0.4 is 0 Å². The van der Waals surface area contributed by atoms with Crippen LogP contribution in [-0.2, 0) is 37.5 Å². The summed E-state index contributed by atoms with van der Waals surface area (Å²) in [6.07, 6.45) is 20.8. The fourth-order valence-corrected chi connectivity index (χ4v) is 1.34. The maximum absolute atomic E-state index is 10.2. The van der Waals surface area contributed by atoms with Gasteiger partial charge >= 0.3 is 5.97 Å². The summed E-state index contributed by atoms with van der Waals surface area (Å²) in [4.78, 5) is 10.2. The average molecular weight is 379 g/mol. The molecular weight excluding hydrogens is 349 g/mol. The van der Waals surface area contributed by atoms with E-state index in [2.05, 4.69) is 32.1 Å². The number of carbonyl (C=O) groups is 1. The van der Waals surface area contributed by atoms with Crippen LogP contribution >= 0.6 is 0 Å². The molecule has 0 atom stereocenters. The van der Waals surface area contributed by atoms with Gasteiger partial charge in [0.1, 0.15) is 0 Å². The summed E-state index contributed by atoms with van der Waals surface area (Å²) in [5.41, 5.74) is 0. The second kappa shape index (κ2) is 25.5. The molecule has 1 N–H and O–H groups in total. The molecule has 2 nitrogen and oxygen atoms in total. The van der Waals surface area contributed by atoms with Gasteiger partial charge in [0.25, 0.3) is 0 Å². The van der Waals surface area contributed by atoms with Crippen LogP contribution in [0.3, 0.4) is 0 Å². The zero-order chi connectivity index (χ0) is 16.2. The zero-order valence-electron chi connectivity index (χ0n) is 13.9. The smallest absolute Gasteiger partial charge is 0.303 e. The summed E-state index contributed by atoms with van der Waals surface area (Å²) in [6.45, 7) is 11.0. The average Bonchev–Trinajstić information content (AvgIpc) is 2.46. The summed E-state index contributed by atoms with van der Waals surface area (Å²) in [6, 6.07) is 0. The maximum atomic E-state index is 10.2. The molecule has 0 bridgehead atoms. The number of rotatable bonds is 11. The first-order valence-corrected chi connectivity index (χ1v) is 7.70. The Kier molecular flexibility index (Phi) is 30.6. The van der Waals surface area contributed by atoms with Crippen LogP contribution in [0, 0.1) is 13.5 Å². The van der Waals surface area contributed by atoms with Gasteiger partial charge in [0.2, 0.25) is 0 Å². The van der Waals surface area contributed by atoms with Gasteiger partial charge in [-0.2, -0.15) is 12.5 Å². The minimum Gasteiger partial charge on any atom is -0.481 e.